The monoisotopic (exact) mass is 300 g/mol. The Labute approximate surface area is 124 Å². The van der Waals surface area contributed by atoms with Crippen molar-refractivity contribution in [2.24, 2.45) is 5.92 Å². The molecule has 7 heteroatoms. The number of hydrogen-bond donors (Lipinski definition) is 3. The van der Waals surface area contributed by atoms with Gasteiger partial charge >= 0.3 is 12.0 Å². The zero-order valence-electron chi connectivity index (χ0n) is 12.5. The molecule has 120 valence electrons. The molecule has 0 aromatic carbocycles. The van der Waals surface area contributed by atoms with Gasteiger partial charge < -0.3 is 25.2 Å². The van der Waals surface area contributed by atoms with Gasteiger partial charge in [0.05, 0.1) is 37.3 Å². The Morgan fingerprint density at radius 3 is 2.67 bits per heavy atom. The number of rotatable bonds is 3. The number of urea groups is 1. The van der Waals surface area contributed by atoms with Gasteiger partial charge in [-0.1, -0.05) is 0 Å². The minimum absolute atomic E-state index is 0.0860. The number of carboxylic acids is 1. The molecule has 0 aromatic rings. The molecule has 2 fully saturated rings. The number of amides is 2. The van der Waals surface area contributed by atoms with Crippen LogP contribution >= 0.6 is 0 Å². The highest BCUT2D eigenvalue weighted by Gasteiger charge is 2.37. The van der Waals surface area contributed by atoms with E-state index in [1.165, 1.54) is 0 Å². The van der Waals surface area contributed by atoms with E-state index in [9.17, 15) is 14.7 Å². The van der Waals surface area contributed by atoms with Gasteiger partial charge in [-0.2, -0.15) is 0 Å². The van der Waals surface area contributed by atoms with E-state index in [1.54, 1.807) is 4.90 Å². The molecule has 3 unspecified atom stereocenters. The summed E-state index contributed by atoms with van der Waals surface area (Å²) in [7, 11) is 0. The van der Waals surface area contributed by atoms with Gasteiger partial charge in [0.25, 0.3) is 0 Å². The van der Waals surface area contributed by atoms with Crippen molar-refractivity contribution in [2.45, 2.75) is 50.9 Å². The lowest BCUT2D eigenvalue weighted by atomic mass is 10.1. The van der Waals surface area contributed by atoms with E-state index in [-0.39, 0.29) is 30.7 Å². The topological polar surface area (TPSA) is 99.1 Å². The summed E-state index contributed by atoms with van der Waals surface area (Å²) in [4.78, 5) is 24.9. The molecule has 2 rings (SSSR count). The first-order valence-electron chi connectivity index (χ1n) is 7.37. The van der Waals surface area contributed by atoms with Crippen LogP contribution in [0.2, 0.25) is 0 Å². The summed E-state index contributed by atoms with van der Waals surface area (Å²) < 4.78 is 5.67. The van der Waals surface area contributed by atoms with Gasteiger partial charge in [0.15, 0.2) is 0 Å². The van der Waals surface area contributed by atoms with E-state index in [2.05, 4.69) is 5.32 Å². The Kier molecular flexibility index (Phi) is 4.73. The van der Waals surface area contributed by atoms with Crippen LogP contribution < -0.4 is 5.32 Å². The van der Waals surface area contributed by atoms with E-state index in [4.69, 9.17) is 9.84 Å². The lowest BCUT2D eigenvalue weighted by Crippen LogP contribution is -2.58. The third-order valence-corrected chi connectivity index (χ3v) is 4.08. The summed E-state index contributed by atoms with van der Waals surface area (Å²) in [6.45, 7) is 4.43. The second-order valence-electron chi connectivity index (χ2n) is 6.56. The van der Waals surface area contributed by atoms with Gasteiger partial charge in [-0.05, 0) is 33.1 Å². The minimum Gasteiger partial charge on any atom is -0.481 e. The molecule has 0 aromatic heterocycles. The number of ether oxygens (including phenoxy) is 1. The van der Waals surface area contributed by atoms with Crippen molar-refractivity contribution in [3.05, 3.63) is 0 Å². The number of aliphatic hydroxyl groups excluding tert-OH is 1. The highest BCUT2D eigenvalue weighted by molar-refractivity contribution is 5.75. The molecule has 2 aliphatic rings. The van der Waals surface area contributed by atoms with Gasteiger partial charge in [-0.3, -0.25) is 4.79 Å². The first-order valence-corrected chi connectivity index (χ1v) is 7.37. The third kappa shape index (κ3) is 4.07. The lowest BCUT2D eigenvalue weighted by molar-refractivity contribution is -0.141. The maximum Gasteiger partial charge on any atom is 0.317 e. The van der Waals surface area contributed by atoms with Crippen molar-refractivity contribution in [3.8, 4) is 0 Å². The Balaban J connectivity index is 1.89. The predicted molar refractivity (Wildman–Crippen MR) is 74.9 cm³/mol. The van der Waals surface area contributed by atoms with Crippen molar-refractivity contribution in [1.82, 2.24) is 10.2 Å². The number of carbonyl (C=O) groups excluding carboxylic acids is 1. The van der Waals surface area contributed by atoms with Gasteiger partial charge in [-0.15, -0.1) is 0 Å². The van der Waals surface area contributed by atoms with Crippen molar-refractivity contribution in [3.63, 3.8) is 0 Å². The highest BCUT2D eigenvalue weighted by Crippen LogP contribution is 2.26. The number of carboxylic acid groups (broad SMARTS) is 1. The van der Waals surface area contributed by atoms with Crippen molar-refractivity contribution in [2.75, 3.05) is 19.7 Å². The van der Waals surface area contributed by atoms with Crippen LogP contribution in [-0.4, -0.2) is 64.6 Å². The quantitative estimate of drug-likeness (QED) is 0.701. The lowest BCUT2D eigenvalue weighted by Gasteiger charge is -2.42. The number of nitrogens with one attached hydrogen (secondary N) is 1. The van der Waals surface area contributed by atoms with E-state index in [0.29, 0.717) is 32.4 Å². The van der Waals surface area contributed by atoms with Gasteiger partial charge in [-0.25, -0.2) is 4.79 Å². The highest BCUT2D eigenvalue weighted by atomic mass is 16.5. The molecule has 1 saturated carbocycles. The van der Waals surface area contributed by atoms with Crippen molar-refractivity contribution >= 4 is 12.0 Å². The predicted octanol–water partition coefficient (Wildman–Crippen LogP) is 0.421. The fraction of sp³-hybridized carbons (Fsp3) is 0.857. The molecule has 0 spiro atoms. The SMILES string of the molecule is CC1(C)CN(C(=O)NC2CCC(C(=O)O)C2)CC(CO)O1. The molecule has 1 saturated heterocycles. The summed E-state index contributed by atoms with van der Waals surface area (Å²) in [5.41, 5.74) is -0.498. The van der Waals surface area contributed by atoms with Crippen LogP contribution in [0.5, 0.6) is 0 Å². The number of aliphatic hydroxyl groups is 1. The van der Waals surface area contributed by atoms with Crippen LogP contribution in [0.15, 0.2) is 0 Å². The second kappa shape index (κ2) is 6.19. The molecule has 0 bridgehead atoms. The standard InChI is InChI=1S/C14H24N2O5/c1-14(2)8-16(6-11(7-17)21-14)13(20)15-10-4-3-9(5-10)12(18)19/h9-11,17H,3-8H2,1-2H3,(H,15,20)(H,18,19). The van der Waals surface area contributed by atoms with Gasteiger partial charge in [0.2, 0.25) is 0 Å². The second-order valence-corrected chi connectivity index (χ2v) is 6.56. The summed E-state index contributed by atoms with van der Waals surface area (Å²) in [5, 5.41) is 21.1. The molecule has 21 heavy (non-hydrogen) atoms. The summed E-state index contributed by atoms with van der Waals surface area (Å²) >= 11 is 0. The molecular formula is C14H24N2O5. The smallest absolute Gasteiger partial charge is 0.317 e. The van der Waals surface area contributed by atoms with Crippen LogP contribution in [0.1, 0.15) is 33.1 Å². The summed E-state index contributed by atoms with van der Waals surface area (Å²) in [6.07, 6.45) is 1.40. The average molecular weight is 300 g/mol. The third-order valence-electron chi connectivity index (χ3n) is 4.08. The number of nitrogens with zero attached hydrogens (tertiary/aromatic N) is 1. The number of morpholine rings is 1. The molecule has 1 aliphatic heterocycles. The molecule has 3 atom stereocenters. The normalized spacial score (nSPS) is 32.0. The molecule has 0 radical (unpaired) electrons. The minimum atomic E-state index is -0.792. The van der Waals surface area contributed by atoms with Crippen LogP contribution in [0.4, 0.5) is 4.79 Å². The van der Waals surface area contributed by atoms with Crippen molar-refractivity contribution in [1.29, 1.82) is 0 Å². The zero-order valence-corrected chi connectivity index (χ0v) is 12.5. The Hall–Kier alpha value is -1.34. The average Bonchev–Trinajstić information content (AvgIpc) is 2.85. The van der Waals surface area contributed by atoms with E-state index in [0.717, 1.165) is 0 Å². The maximum absolute atomic E-state index is 12.3. The Morgan fingerprint density at radius 1 is 1.38 bits per heavy atom. The molecule has 1 heterocycles. The largest absolute Gasteiger partial charge is 0.481 e. The van der Waals surface area contributed by atoms with E-state index in [1.807, 2.05) is 13.8 Å². The number of carbonyl (C=O) groups is 2. The molecule has 3 N–H and O–H groups in total. The van der Waals surface area contributed by atoms with Crippen LogP contribution in [0.3, 0.4) is 0 Å². The van der Waals surface area contributed by atoms with Crippen LogP contribution in [0.25, 0.3) is 0 Å². The fourth-order valence-corrected chi connectivity index (χ4v) is 3.15. The fourth-order valence-electron chi connectivity index (χ4n) is 3.15. The first kappa shape index (κ1) is 16.0. The molecule has 1 aliphatic carbocycles. The molecule has 2 amide bonds. The maximum atomic E-state index is 12.3. The van der Waals surface area contributed by atoms with Crippen LogP contribution in [0, 0.1) is 5.92 Å². The number of aliphatic carboxylic acids is 1. The van der Waals surface area contributed by atoms with Gasteiger partial charge in [0, 0.05) is 6.04 Å². The number of hydrogen-bond acceptors (Lipinski definition) is 4. The van der Waals surface area contributed by atoms with Gasteiger partial charge in [0.1, 0.15) is 0 Å². The Morgan fingerprint density at radius 2 is 2.10 bits per heavy atom. The van der Waals surface area contributed by atoms with E-state index >= 15 is 0 Å². The Bertz CT molecular complexity index is 412. The van der Waals surface area contributed by atoms with E-state index < -0.39 is 11.6 Å². The molecular weight excluding hydrogens is 276 g/mol. The summed E-state index contributed by atoms with van der Waals surface area (Å²) in [5.74, 6) is -1.15. The van der Waals surface area contributed by atoms with Crippen LogP contribution in [-0.2, 0) is 9.53 Å². The van der Waals surface area contributed by atoms with Crippen molar-refractivity contribution < 1.29 is 24.5 Å². The molecule has 7 nitrogen and oxygen atoms in total. The summed E-state index contributed by atoms with van der Waals surface area (Å²) in [6, 6.07) is -0.294. The first-order chi connectivity index (χ1) is 9.80. The zero-order chi connectivity index (χ0) is 15.6.